The molecule has 30 heavy (non-hydrogen) atoms. The molecule has 1 aromatic carbocycles. The van der Waals surface area contributed by atoms with Crippen molar-refractivity contribution in [1.29, 1.82) is 0 Å². The van der Waals surface area contributed by atoms with Crippen LogP contribution in [0.3, 0.4) is 0 Å². The number of nitrogens with two attached hydrogens (primary N) is 1. The molecule has 2 saturated heterocycles. The van der Waals surface area contributed by atoms with Crippen LogP contribution in [0, 0.1) is 5.92 Å². The lowest BCUT2D eigenvalue weighted by Crippen LogP contribution is -2.47. The fourth-order valence-electron chi connectivity index (χ4n) is 3.93. The number of carbonyl (C=O) groups is 1. The molecule has 2 fully saturated rings. The standard InChI is InChI=1S/C21H34N4O4S/c1-15(2)13-20(22)21(26)24-16-9-12-25(14-16)30(27,28)19-5-3-17(4-6-19)29-18-7-10-23-11-8-18/h3-6,15-16,18,20,23H,7-14,22H2,1-2H3,(H,24,26)/t16-,20-/m0/s1. The van der Waals surface area contributed by atoms with Gasteiger partial charge in [0, 0.05) is 19.1 Å². The Kier molecular flexibility index (Phi) is 7.73. The lowest BCUT2D eigenvalue weighted by Gasteiger charge is -2.24. The zero-order chi connectivity index (χ0) is 21.7. The summed E-state index contributed by atoms with van der Waals surface area (Å²) in [4.78, 5) is 12.5. The van der Waals surface area contributed by atoms with Crippen LogP contribution in [0.5, 0.6) is 5.75 Å². The molecular weight excluding hydrogens is 404 g/mol. The van der Waals surface area contributed by atoms with Crippen molar-refractivity contribution in [2.24, 2.45) is 11.7 Å². The number of rotatable bonds is 8. The Bertz CT molecular complexity index is 807. The highest BCUT2D eigenvalue weighted by Crippen LogP contribution is 2.24. The summed E-state index contributed by atoms with van der Waals surface area (Å²) in [5.41, 5.74) is 5.93. The van der Waals surface area contributed by atoms with Gasteiger partial charge in [-0.1, -0.05) is 13.8 Å². The minimum Gasteiger partial charge on any atom is -0.490 e. The van der Waals surface area contributed by atoms with E-state index in [1.165, 1.54) is 4.31 Å². The topological polar surface area (TPSA) is 114 Å². The SMILES string of the molecule is CC(C)C[C@H](N)C(=O)N[C@H]1CCN(S(=O)(=O)c2ccc(OC3CCNCC3)cc2)C1. The number of nitrogens with zero attached hydrogens (tertiary/aromatic N) is 1. The van der Waals surface area contributed by atoms with Crippen LogP contribution in [0.4, 0.5) is 0 Å². The van der Waals surface area contributed by atoms with E-state index < -0.39 is 16.1 Å². The summed E-state index contributed by atoms with van der Waals surface area (Å²) in [6.07, 6.45) is 3.24. The molecule has 2 atom stereocenters. The van der Waals surface area contributed by atoms with Crippen molar-refractivity contribution >= 4 is 15.9 Å². The number of carbonyl (C=O) groups excluding carboxylic acids is 1. The molecule has 4 N–H and O–H groups in total. The molecule has 1 amide bonds. The van der Waals surface area contributed by atoms with Gasteiger partial charge in [0.2, 0.25) is 15.9 Å². The number of hydrogen-bond acceptors (Lipinski definition) is 6. The van der Waals surface area contributed by atoms with E-state index in [-0.39, 0.29) is 29.5 Å². The molecule has 0 aromatic heterocycles. The van der Waals surface area contributed by atoms with E-state index in [2.05, 4.69) is 10.6 Å². The monoisotopic (exact) mass is 438 g/mol. The van der Waals surface area contributed by atoms with E-state index in [4.69, 9.17) is 10.5 Å². The van der Waals surface area contributed by atoms with Gasteiger partial charge in [-0.2, -0.15) is 4.31 Å². The van der Waals surface area contributed by atoms with Crippen LogP contribution in [0.25, 0.3) is 0 Å². The van der Waals surface area contributed by atoms with Crippen molar-refractivity contribution in [1.82, 2.24) is 14.9 Å². The highest BCUT2D eigenvalue weighted by atomic mass is 32.2. The van der Waals surface area contributed by atoms with Gasteiger partial charge in [-0.05, 0) is 69.0 Å². The fourth-order valence-corrected chi connectivity index (χ4v) is 5.43. The molecule has 9 heteroatoms. The number of benzene rings is 1. The molecule has 0 saturated carbocycles. The number of hydrogen-bond donors (Lipinski definition) is 3. The molecule has 2 aliphatic heterocycles. The summed E-state index contributed by atoms with van der Waals surface area (Å²) >= 11 is 0. The molecule has 2 aliphatic rings. The quantitative estimate of drug-likeness (QED) is 0.559. The molecule has 0 aliphatic carbocycles. The van der Waals surface area contributed by atoms with Gasteiger partial charge < -0.3 is 21.1 Å². The van der Waals surface area contributed by atoms with Crippen molar-refractivity contribution < 1.29 is 17.9 Å². The molecule has 0 bridgehead atoms. The first-order valence-electron chi connectivity index (χ1n) is 10.8. The number of ether oxygens (including phenoxy) is 1. The van der Waals surface area contributed by atoms with E-state index in [0.29, 0.717) is 31.1 Å². The van der Waals surface area contributed by atoms with Crippen LogP contribution in [-0.4, -0.2) is 63.0 Å². The largest absolute Gasteiger partial charge is 0.490 e. The normalized spacial score (nSPS) is 22.2. The predicted octanol–water partition coefficient (Wildman–Crippen LogP) is 1.07. The number of sulfonamides is 1. The van der Waals surface area contributed by atoms with E-state index in [0.717, 1.165) is 25.9 Å². The van der Waals surface area contributed by atoms with Gasteiger partial charge in [0.1, 0.15) is 11.9 Å². The minimum absolute atomic E-state index is 0.165. The molecule has 0 spiro atoms. The Morgan fingerprint density at radius 2 is 1.90 bits per heavy atom. The van der Waals surface area contributed by atoms with Crippen LogP contribution in [0.1, 0.15) is 39.5 Å². The summed E-state index contributed by atoms with van der Waals surface area (Å²) in [5.74, 6) is 0.798. The highest BCUT2D eigenvalue weighted by molar-refractivity contribution is 7.89. The Morgan fingerprint density at radius 3 is 2.53 bits per heavy atom. The first kappa shape index (κ1) is 23.0. The fraction of sp³-hybridized carbons (Fsp3) is 0.667. The number of piperidine rings is 1. The van der Waals surface area contributed by atoms with Crippen molar-refractivity contribution in [2.75, 3.05) is 26.2 Å². The van der Waals surface area contributed by atoms with Crippen LogP contribution in [0.2, 0.25) is 0 Å². The van der Waals surface area contributed by atoms with Crippen LogP contribution in [0.15, 0.2) is 29.2 Å². The maximum absolute atomic E-state index is 13.0. The Hall–Kier alpha value is -1.68. The smallest absolute Gasteiger partial charge is 0.243 e. The van der Waals surface area contributed by atoms with Crippen molar-refractivity contribution in [2.45, 2.75) is 62.6 Å². The summed E-state index contributed by atoms with van der Waals surface area (Å²) in [5, 5.41) is 6.19. The molecule has 3 rings (SSSR count). The van der Waals surface area contributed by atoms with Gasteiger partial charge in [-0.25, -0.2) is 8.42 Å². The molecule has 0 radical (unpaired) electrons. The summed E-state index contributed by atoms with van der Waals surface area (Å²) < 4.78 is 33.3. The molecule has 168 valence electrons. The third kappa shape index (κ3) is 5.94. The Morgan fingerprint density at radius 1 is 1.23 bits per heavy atom. The molecule has 2 heterocycles. The minimum atomic E-state index is -3.61. The summed E-state index contributed by atoms with van der Waals surface area (Å²) in [6, 6.07) is 5.84. The van der Waals surface area contributed by atoms with Gasteiger partial charge in [-0.15, -0.1) is 0 Å². The van der Waals surface area contributed by atoms with Gasteiger partial charge >= 0.3 is 0 Å². The second kappa shape index (κ2) is 10.1. The zero-order valence-electron chi connectivity index (χ0n) is 17.8. The van der Waals surface area contributed by atoms with Crippen molar-refractivity contribution in [3.8, 4) is 5.75 Å². The van der Waals surface area contributed by atoms with Crippen molar-refractivity contribution in [3.05, 3.63) is 24.3 Å². The zero-order valence-corrected chi connectivity index (χ0v) is 18.7. The number of amides is 1. The maximum Gasteiger partial charge on any atom is 0.243 e. The lowest BCUT2D eigenvalue weighted by atomic mass is 10.0. The number of nitrogens with one attached hydrogen (secondary N) is 2. The molecule has 0 unspecified atom stereocenters. The van der Waals surface area contributed by atoms with Crippen molar-refractivity contribution in [3.63, 3.8) is 0 Å². The molecule has 8 nitrogen and oxygen atoms in total. The van der Waals surface area contributed by atoms with E-state index >= 15 is 0 Å². The average Bonchev–Trinajstić information content (AvgIpc) is 3.18. The predicted molar refractivity (Wildman–Crippen MR) is 116 cm³/mol. The van der Waals surface area contributed by atoms with E-state index in [1.807, 2.05) is 13.8 Å². The average molecular weight is 439 g/mol. The third-order valence-corrected chi connectivity index (χ3v) is 7.49. The second-order valence-corrected chi connectivity index (χ2v) is 10.6. The van der Waals surface area contributed by atoms with Gasteiger partial charge in [0.15, 0.2) is 0 Å². The summed E-state index contributed by atoms with van der Waals surface area (Å²) in [7, 11) is -3.61. The Balaban J connectivity index is 1.55. The Labute approximate surface area is 179 Å². The second-order valence-electron chi connectivity index (χ2n) is 8.63. The first-order valence-corrected chi connectivity index (χ1v) is 12.2. The van der Waals surface area contributed by atoms with E-state index in [9.17, 15) is 13.2 Å². The van der Waals surface area contributed by atoms with Crippen LogP contribution >= 0.6 is 0 Å². The van der Waals surface area contributed by atoms with Gasteiger partial charge in [0.05, 0.1) is 10.9 Å². The van der Waals surface area contributed by atoms with Crippen LogP contribution < -0.4 is 21.1 Å². The molecule has 1 aromatic rings. The van der Waals surface area contributed by atoms with E-state index in [1.54, 1.807) is 24.3 Å². The molecular formula is C21H34N4O4S. The lowest BCUT2D eigenvalue weighted by molar-refractivity contribution is -0.123. The van der Waals surface area contributed by atoms with Gasteiger partial charge in [0.25, 0.3) is 0 Å². The van der Waals surface area contributed by atoms with Crippen LogP contribution in [-0.2, 0) is 14.8 Å². The highest BCUT2D eigenvalue weighted by Gasteiger charge is 2.34. The maximum atomic E-state index is 13.0. The third-order valence-electron chi connectivity index (χ3n) is 5.61. The van der Waals surface area contributed by atoms with Gasteiger partial charge in [-0.3, -0.25) is 4.79 Å². The summed E-state index contributed by atoms with van der Waals surface area (Å²) in [6.45, 7) is 6.54. The first-order chi connectivity index (χ1) is 14.3.